The molecule has 3 heteroatoms. The Morgan fingerprint density at radius 3 is 2.80 bits per heavy atom. The quantitative estimate of drug-likeness (QED) is 0.295. The normalized spacial score (nSPS) is 21.5. The van der Waals surface area contributed by atoms with Crippen LogP contribution in [-0.4, -0.2) is 16.6 Å². The Morgan fingerprint density at radius 1 is 1.60 bits per heavy atom. The number of nitrogens with zero attached hydrogens (tertiary/aromatic N) is 1. The minimum atomic E-state index is 0.282. The Kier molecular flexibility index (Phi) is 1.67. The number of hydrogen-bond acceptors (Lipinski definition) is 3. The van der Waals surface area contributed by atoms with Crippen LogP contribution in [0.1, 0.15) is 6.92 Å². The van der Waals surface area contributed by atoms with Crippen molar-refractivity contribution in [3.8, 4) is 0 Å². The van der Waals surface area contributed by atoms with Gasteiger partial charge in [0.05, 0.1) is 5.71 Å². The summed E-state index contributed by atoms with van der Waals surface area (Å²) >= 11 is 0. The molecule has 3 nitrogen and oxygen atoms in total. The molecule has 0 saturated carbocycles. The van der Waals surface area contributed by atoms with Crippen molar-refractivity contribution in [2.24, 2.45) is 5.16 Å². The van der Waals surface area contributed by atoms with Gasteiger partial charge in [0.2, 0.25) is 0 Å². The molecule has 0 spiro atoms. The van der Waals surface area contributed by atoms with Crippen LogP contribution in [0.3, 0.4) is 0 Å². The van der Waals surface area contributed by atoms with Gasteiger partial charge in [-0.3, -0.25) is 5.41 Å². The molecule has 0 fully saturated rings. The van der Waals surface area contributed by atoms with E-state index in [2.05, 4.69) is 5.16 Å². The molecule has 0 aliphatic heterocycles. The van der Waals surface area contributed by atoms with Crippen LogP contribution in [0.15, 0.2) is 29.0 Å². The molecule has 0 aromatic heterocycles. The van der Waals surface area contributed by atoms with Gasteiger partial charge in [0.25, 0.3) is 0 Å². The third-order valence-corrected chi connectivity index (χ3v) is 1.36. The molecule has 0 aromatic rings. The molecule has 1 rings (SSSR count). The molecule has 0 heterocycles. The Labute approximate surface area is 58.9 Å². The van der Waals surface area contributed by atoms with Crippen LogP contribution in [0.2, 0.25) is 0 Å². The minimum Gasteiger partial charge on any atom is -0.410 e. The van der Waals surface area contributed by atoms with Gasteiger partial charge in [-0.1, -0.05) is 17.3 Å². The highest BCUT2D eigenvalue weighted by Crippen LogP contribution is 2.04. The van der Waals surface area contributed by atoms with Crippen LogP contribution in [0.25, 0.3) is 0 Å². The number of nitrogens with one attached hydrogen (secondary N) is 1. The first-order valence-electron chi connectivity index (χ1n) is 2.92. The summed E-state index contributed by atoms with van der Waals surface area (Å²) in [5.74, 6) is 0. The van der Waals surface area contributed by atoms with Crippen LogP contribution < -0.4 is 0 Å². The summed E-state index contributed by atoms with van der Waals surface area (Å²) in [7, 11) is 0. The van der Waals surface area contributed by atoms with Crippen molar-refractivity contribution in [3.05, 3.63) is 23.8 Å². The van der Waals surface area contributed by atoms with E-state index in [0.717, 1.165) is 5.57 Å². The standard InChI is InChI=1S/C7H8N2O/c1-5-3-2-4-6(9-10)7(5)8/h2-4,8,10H,1H3/b8-7?,9-6-. The zero-order chi connectivity index (χ0) is 7.56. The van der Waals surface area contributed by atoms with Crippen molar-refractivity contribution in [1.29, 1.82) is 5.41 Å². The van der Waals surface area contributed by atoms with Gasteiger partial charge in [-0.05, 0) is 18.6 Å². The fourth-order valence-electron chi connectivity index (χ4n) is 0.736. The Hall–Kier alpha value is -1.38. The van der Waals surface area contributed by atoms with Gasteiger partial charge in [0.15, 0.2) is 0 Å². The zero-order valence-corrected chi connectivity index (χ0v) is 5.63. The van der Waals surface area contributed by atoms with Crippen LogP contribution in [0.4, 0.5) is 0 Å². The fraction of sp³-hybridized carbons (Fsp3) is 0.143. The molecule has 0 aromatic carbocycles. The molecular weight excluding hydrogens is 128 g/mol. The van der Waals surface area contributed by atoms with E-state index in [9.17, 15) is 0 Å². The summed E-state index contributed by atoms with van der Waals surface area (Å²) < 4.78 is 0. The molecule has 0 radical (unpaired) electrons. The Balaban J connectivity index is 3.00. The topological polar surface area (TPSA) is 56.4 Å². The lowest BCUT2D eigenvalue weighted by Gasteiger charge is -2.04. The van der Waals surface area contributed by atoms with E-state index in [1.807, 2.05) is 0 Å². The average Bonchev–Trinajstić information content (AvgIpc) is 1.95. The van der Waals surface area contributed by atoms with Crippen molar-refractivity contribution < 1.29 is 5.21 Å². The lowest BCUT2D eigenvalue weighted by atomic mass is 10.0. The van der Waals surface area contributed by atoms with E-state index in [-0.39, 0.29) is 5.71 Å². The number of hydrogen-bond donors (Lipinski definition) is 2. The Morgan fingerprint density at radius 2 is 2.30 bits per heavy atom. The van der Waals surface area contributed by atoms with Crippen molar-refractivity contribution >= 4 is 11.4 Å². The molecule has 1 aliphatic carbocycles. The van der Waals surface area contributed by atoms with Crippen LogP contribution in [-0.2, 0) is 0 Å². The van der Waals surface area contributed by atoms with E-state index >= 15 is 0 Å². The molecule has 10 heavy (non-hydrogen) atoms. The fourth-order valence-corrected chi connectivity index (χ4v) is 0.736. The summed E-state index contributed by atoms with van der Waals surface area (Å²) in [5, 5.41) is 18.6. The van der Waals surface area contributed by atoms with Gasteiger partial charge in [-0.25, -0.2) is 0 Å². The Bertz CT molecular complexity index is 248. The van der Waals surface area contributed by atoms with Gasteiger partial charge in [-0.2, -0.15) is 0 Å². The summed E-state index contributed by atoms with van der Waals surface area (Å²) in [4.78, 5) is 0. The zero-order valence-electron chi connectivity index (χ0n) is 5.63. The summed E-state index contributed by atoms with van der Waals surface area (Å²) in [6.45, 7) is 1.80. The predicted molar refractivity (Wildman–Crippen MR) is 39.8 cm³/mol. The van der Waals surface area contributed by atoms with Crippen LogP contribution in [0, 0.1) is 5.41 Å². The first kappa shape index (κ1) is 6.74. The van der Waals surface area contributed by atoms with Gasteiger partial charge < -0.3 is 5.21 Å². The van der Waals surface area contributed by atoms with Gasteiger partial charge in [0.1, 0.15) is 5.71 Å². The van der Waals surface area contributed by atoms with E-state index in [0.29, 0.717) is 5.71 Å². The maximum absolute atomic E-state index is 8.35. The van der Waals surface area contributed by atoms with E-state index in [1.54, 1.807) is 25.2 Å². The summed E-state index contributed by atoms with van der Waals surface area (Å²) in [6, 6.07) is 0. The predicted octanol–water partition coefficient (Wildman–Crippen LogP) is 1.35. The van der Waals surface area contributed by atoms with E-state index < -0.39 is 0 Å². The van der Waals surface area contributed by atoms with Crippen LogP contribution in [0.5, 0.6) is 0 Å². The highest BCUT2D eigenvalue weighted by molar-refractivity contribution is 6.51. The molecule has 52 valence electrons. The second-order valence-corrected chi connectivity index (χ2v) is 2.07. The molecule has 1 aliphatic rings. The number of rotatable bonds is 0. The minimum absolute atomic E-state index is 0.282. The van der Waals surface area contributed by atoms with E-state index in [4.69, 9.17) is 10.6 Å². The van der Waals surface area contributed by atoms with Crippen molar-refractivity contribution in [2.75, 3.05) is 0 Å². The number of allylic oxidation sites excluding steroid dienone is 4. The molecule has 0 saturated heterocycles. The molecule has 0 amide bonds. The third-order valence-electron chi connectivity index (χ3n) is 1.36. The highest BCUT2D eigenvalue weighted by atomic mass is 16.4. The molecule has 2 N–H and O–H groups in total. The third kappa shape index (κ3) is 0.978. The molecule has 0 bridgehead atoms. The monoisotopic (exact) mass is 136 g/mol. The second-order valence-electron chi connectivity index (χ2n) is 2.07. The van der Waals surface area contributed by atoms with Gasteiger partial charge in [-0.15, -0.1) is 0 Å². The van der Waals surface area contributed by atoms with Crippen molar-refractivity contribution in [3.63, 3.8) is 0 Å². The van der Waals surface area contributed by atoms with Crippen LogP contribution >= 0.6 is 0 Å². The maximum atomic E-state index is 8.35. The lowest BCUT2D eigenvalue weighted by molar-refractivity contribution is 0.320. The molecular formula is C7H8N2O. The SMILES string of the molecule is CC1=CC=C/C(=N/O)C1=N. The first-order chi connectivity index (χ1) is 4.75. The lowest BCUT2D eigenvalue weighted by Crippen LogP contribution is -2.13. The number of oxime groups is 1. The van der Waals surface area contributed by atoms with E-state index in [1.165, 1.54) is 0 Å². The smallest absolute Gasteiger partial charge is 0.127 e. The maximum Gasteiger partial charge on any atom is 0.127 e. The van der Waals surface area contributed by atoms with Crippen molar-refractivity contribution in [2.45, 2.75) is 6.92 Å². The second kappa shape index (κ2) is 2.47. The first-order valence-corrected chi connectivity index (χ1v) is 2.92. The highest BCUT2D eigenvalue weighted by Gasteiger charge is 2.08. The summed E-state index contributed by atoms with van der Waals surface area (Å²) in [5.41, 5.74) is 1.42. The van der Waals surface area contributed by atoms with Crippen molar-refractivity contribution in [1.82, 2.24) is 0 Å². The molecule has 0 atom stereocenters. The average molecular weight is 136 g/mol. The largest absolute Gasteiger partial charge is 0.410 e. The van der Waals surface area contributed by atoms with Gasteiger partial charge >= 0.3 is 0 Å². The molecule has 0 unspecified atom stereocenters. The van der Waals surface area contributed by atoms with Gasteiger partial charge in [0, 0.05) is 0 Å². The summed E-state index contributed by atoms with van der Waals surface area (Å²) in [6.07, 6.45) is 5.15.